The number of aromatic nitrogens is 1. The summed E-state index contributed by atoms with van der Waals surface area (Å²) in [5.74, 6) is 0. The highest BCUT2D eigenvalue weighted by atomic mass is 79.9. The van der Waals surface area contributed by atoms with Crippen LogP contribution in [0.2, 0.25) is 0 Å². The topological polar surface area (TPSA) is 49.8 Å². The van der Waals surface area contributed by atoms with E-state index < -0.39 is 0 Å². The zero-order chi connectivity index (χ0) is 8.55. The van der Waals surface area contributed by atoms with Crippen LogP contribution >= 0.6 is 15.9 Å². The second-order valence-corrected chi connectivity index (χ2v) is 3.03. The fourth-order valence-corrected chi connectivity index (χ4v) is 1.35. The maximum atomic E-state index is 8.54. The molecular formula is C8H3BrN2O. The van der Waals surface area contributed by atoms with Gasteiger partial charge in [-0.15, -0.1) is 0 Å². The van der Waals surface area contributed by atoms with E-state index in [0.29, 0.717) is 16.1 Å². The first-order valence-corrected chi connectivity index (χ1v) is 4.05. The van der Waals surface area contributed by atoms with Gasteiger partial charge in [-0.1, -0.05) is 0 Å². The van der Waals surface area contributed by atoms with Crippen LogP contribution in [0.4, 0.5) is 0 Å². The molecule has 3 nitrogen and oxygen atoms in total. The zero-order valence-corrected chi connectivity index (χ0v) is 7.50. The van der Waals surface area contributed by atoms with Crippen LogP contribution in [0.25, 0.3) is 11.1 Å². The molecule has 0 bridgehead atoms. The predicted molar refractivity (Wildman–Crippen MR) is 46.4 cm³/mol. The number of hydrogen-bond acceptors (Lipinski definition) is 3. The highest BCUT2D eigenvalue weighted by Crippen LogP contribution is 2.21. The standard InChI is InChI=1S/C8H3BrN2O/c9-7-3-5-1-2-6(4-10)11-8(5)12-7/h1-3H. The monoisotopic (exact) mass is 222 g/mol. The second-order valence-electron chi connectivity index (χ2n) is 2.25. The smallest absolute Gasteiger partial charge is 0.228 e. The van der Waals surface area contributed by atoms with Gasteiger partial charge < -0.3 is 4.42 Å². The molecule has 0 saturated carbocycles. The molecule has 0 spiro atoms. The van der Waals surface area contributed by atoms with Crippen LogP contribution in [0.15, 0.2) is 27.3 Å². The van der Waals surface area contributed by atoms with Crippen molar-refractivity contribution < 1.29 is 4.42 Å². The first-order chi connectivity index (χ1) is 5.79. The average molecular weight is 223 g/mol. The first kappa shape index (κ1) is 7.32. The minimum atomic E-state index is 0.365. The zero-order valence-electron chi connectivity index (χ0n) is 5.91. The number of nitrogens with zero attached hydrogens (tertiary/aromatic N) is 2. The van der Waals surface area contributed by atoms with Crippen molar-refractivity contribution in [2.24, 2.45) is 0 Å². The molecule has 4 heteroatoms. The number of rotatable bonds is 0. The molecule has 12 heavy (non-hydrogen) atoms. The Kier molecular flexibility index (Phi) is 1.59. The molecule has 2 rings (SSSR count). The van der Waals surface area contributed by atoms with E-state index in [1.807, 2.05) is 12.1 Å². The van der Waals surface area contributed by atoms with Gasteiger partial charge in [-0.25, -0.2) is 4.98 Å². The Balaban J connectivity index is 2.77. The van der Waals surface area contributed by atoms with Crippen molar-refractivity contribution in [3.8, 4) is 6.07 Å². The molecule has 0 aliphatic heterocycles. The minimum absolute atomic E-state index is 0.365. The first-order valence-electron chi connectivity index (χ1n) is 3.26. The van der Waals surface area contributed by atoms with Crippen molar-refractivity contribution in [3.63, 3.8) is 0 Å². The Morgan fingerprint density at radius 1 is 1.50 bits per heavy atom. The van der Waals surface area contributed by atoms with Gasteiger partial charge in [0.25, 0.3) is 0 Å². The minimum Gasteiger partial charge on any atom is -0.431 e. The molecule has 0 aromatic carbocycles. The van der Waals surface area contributed by atoms with Gasteiger partial charge in [0, 0.05) is 11.5 Å². The van der Waals surface area contributed by atoms with E-state index in [1.54, 1.807) is 12.1 Å². The molecule has 58 valence electrons. The lowest BCUT2D eigenvalue weighted by Gasteiger charge is -1.86. The van der Waals surface area contributed by atoms with Gasteiger partial charge in [-0.3, -0.25) is 0 Å². The Morgan fingerprint density at radius 3 is 3.08 bits per heavy atom. The SMILES string of the molecule is N#Cc1ccc2cc(Br)oc2n1. The number of pyridine rings is 1. The van der Waals surface area contributed by atoms with Crippen LogP contribution in [0.5, 0.6) is 0 Å². The van der Waals surface area contributed by atoms with Gasteiger partial charge >= 0.3 is 0 Å². The van der Waals surface area contributed by atoms with Gasteiger partial charge in [0.05, 0.1) is 0 Å². The molecule has 2 aromatic rings. The summed E-state index contributed by atoms with van der Waals surface area (Å²) in [6.07, 6.45) is 0. The lowest BCUT2D eigenvalue weighted by atomic mass is 10.3. The number of furan rings is 1. The van der Waals surface area contributed by atoms with E-state index in [0.717, 1.165) is 5.39 Å². The summed E-state index contributed by atoms with van der Waals surface area (Å²) in [7, 11) is 0. The Bertz CT molecular complexity index is 469. The lowest BCUT2D eigenvalue weighted by molar-refractivity contribution is 0.575. The van der Waals surface area contributed by atoms with Gasteiger partial charge in [-0.2, -0.15) is 5.26 Å². The lowest BCUT2D eigenvalue weighted by Crippen LogP contribution is -1.79. The summed E-state index contributed by atoms with van der Waals surface area (Å²) in [5, 5.41) is 9.43. The fraction of sp³-hybridized carbons (Fsp3) is 0. The van der Waals surface area contributed by atoms with Gasteiger partial charge in [-0.05, 0) is 28.1 Å². The molecule has 0 atom stereocenters. The van der Waals surface area contributed by atoms with Crippen LogP contribution in [0, 0.1) is 11.3 Å². The van der Waals surface area contributed by atoms with Crippen LogP contribution < -0.4 is 0 Å². The molecule has 0 saturated heterocycles. The maximum absolute atomic E-state index is 8.54. The molecule has 0 N–H and O–H groups in total. The van der Waals surface area contributed by atoms with Crippen molar-refractivity contribution in [2.75, 3.05) is 0 Å². The van der Waals surface area contributed by atoms with Crippen LogP contribution in [-0.2, 0) is 0 Å². The largest absolute Gasteiger partial charge is 0.431 e. The molecule has 2 aromatic heterocycles. The summed E-state index contributed by atoms with van der Waals surface area (Å²) in [5.41, 5.74) is 0.852. The van der Waals surface area contributed by atoms with Crippen molar-refractivity contribution in [1.29, 1.82) is 5.26 Å². The molecule has 0 aliphatic carbocycles. The summed E-state index contributed by atoms with van der Waals surface area (Å²) >= 11 is 3.18. The highest BCUT2D eigenvalue weighted by molar-refractivity contribution is 9.10. The third-order valence-corrected chi connectivity index (χ3v) is 1.86. The second kappa shape index (κ2) is 2.61. The predicted octanol–water partition coefficient (Wildman–Crippen LogP) is 2.46. The van der Waals surface area contributed by atoms with E-state index in [2.05, 4.69) is 20.9 Å². The molecule has 0 fully saturated rings. The molecule has 2 heterocycles. The average Bonchev–Trinajstić information content (AvgIpc) is 2.43. The Hall–Kier alpha value is -1.34. The third kappa shape index (κ3) is 1.08. The van der Waals surface area contributed by atoms with Gasteiger partial charge in [0.1, 0.15) is 11.8 Å². The summed E-state index contributed by atoms with van der Waals surface area (Å²) < 4.78 is 5.79. The third-order valence-electron chi connectivity index (χ3n) is 1.47. The summed E-state index contributed by atoms with van der Waals surface area (Å²) in [6, 6.07) is 7.21. The van der Waals surface area contributed by atoms with E-state index in [9.17, 15) is 0 Å². The van der Waals surface area contributed by atoms with Crippen LogP contribution in [0.1, 0.15) is 5.69 Å². The van der Waals surface area contributed by atoms with E-state index >= 15 is 0 Å². The van der Waals surface area contributed by atoms with Crippen LogP contribution in [-0.4, -0.2) is 4.98 Å². The van der Waals surface area contributed by atoms with E-state index in [4.69, 9.17) is 9.68 Å². The summed E-state index contributed by atoms with van der Waals surface area (Å²) in [4.78, 5) is 3.96. The van der Waals surface area contributed by atoms with Crippen LogP contribution in [0.3, 0.4) is 0 Å². The Labute approximate surface area is 76.8 Å². The molecular weight excluding hydrogens is 220 g/mol. The van der Waals surface area contributed by atoms with Crippen molar-refractivity contribution in [1.82, 2.24) is 4.98 Å². The van der Waals surface area contributed by atoms with E-state index in [-0.39, 0.29) is 0 Å². The Morgan fingerprint density at radius 2 is 2.33 bits per heavy atom. The fourth-order valence-electron chi connectivity index (χ4n) is 0.949. The van der Waals surface area contributed by atoms with E-state index in [1.165, 1.54) is 0 Å². The number of fused-ring (bicyclic) bond motifs is 1. The molecule has 0 unspecified atom stereocenters. The molecule has 0 amide bonds. The normalized spacial score (nSPS) is 10.0. The molecule has 0 aliphatic rings. The van der Waals surface area contributed by atoms with Gasteiger partial charge in [0.15, 0.2) is 4.67 Å². The summed E-state index contributed by atoms with van der Waals surface area (Å²) in [6.45, 7) is 0. The number of nitriles is 1. The van der Waals surface area contributed by atoms with Crippen molar-refractivity contribution >= 4 is 27.0 Å². The maximum Gasteiger partial charge on any atom is 0.228 e. The van der Waals surface area contributed by atoms with Crippen molar-refractivity contribution in [3.05, 3.63) is 28.6 Å². The molecule has 0 radical (unpaired) electrons. The van der Waals surface area contributed by atoms with Gasteiger partial charge in [0.2, 0.25) is 5.71 Å². The highest BCUT2D eigenvalue weighted by Gasteiger charge is 2.02. The number of hydrogen-bond donors (Lipinski definition) is 0. The number of halogens is 1. The quantitative estimate of drug-likeness (QED) is 0.689. The van der Waals surface area contributed by atoms with Crippen molar-refractivity contribution in [2.45, 2.75) is 0 Å².